The Morgan fingerprint density at radius 3 is 2.31 bits per heavy atom. The molecule has 0 amide bonds. The number of aliphatic hydroxyl groups excluding tert-OH is 3. The van der Waals surface area contributed by atoms with Crippen molar-refractivity contribution in [2.45, 2.75) is 30.6 Å². The normalized spacial score (nSPS) is 41.0. The third-order valence-corrected chi connectivity index (χ3v) is 2.66. The molecular formula is C6H14NO8P. The van der Waals surface area contributed by atoms with Gasteiger partial charge >= 0.3 is 7.82 Å². The van der Waals surface area contributed by atoms with Crippen molar-refractivity contribution in [2.24, 2.45) is 5.73 Å². The van der Waals surface area contributed by atoms with Crippen molar-refractivity contribution in [1.82, 2.24) is 0 Å². The topological polar surface area (TPSA) is 163 Å². The number of aliphatic hydroxyl groups is 3. The molecule has 96 valence electrons. The minimum absolute atomic E-state index is 0.674. The van der Waals surface area contributed by atoms with E-state index in [9.17, 15) is 19.9 Å². The van der Waals surface area contributed by atoms with Crippen LogP contribution in [0.15, 0.2) is 0 Å². The third-order valence-electron chi connectivity index (χ3n) is 2.18. The van der Waals surface area contributed by atoms with E-state index in [0.29, 0.717) is 0 Å². The SMILES string of the molecule is N[13C@H]1[13CH](O)O[13C@H]([13CH2]OP(=O)(O)O)[13C@@H](O)[13C@@H]1O. The molecule has 0 spiro atoms. The van der Waals surface area contributed by atoms with Gasteiger partial charge < -0.3 is 35.6 Å². The molecule has 1 unspecified atom stereocenters. The highest BCUT2D eigenvalue weighted by atomic mass is 31.2. The monoisotopic (exact) mass is 265 g/mol. The molecule has 9 nitrogen and oxygen atoms in total. The third kappa shape index (κ3) is 3.45. The van der Waals surface area contributed by atoms with Gasteiger partial charge in [-0.15, -0.1) is 0 Å². The number of phosphoric acid groups is 1. The highest BCUT2D eigenvalue weighted by molar-refractivity contribution is 7.46. The Morgan fingerprint density at radius 2 is 1.81 bits per heavy atom. The summed E-state index contributed by atoms with van der Waals surface area (Å²) in [5, 5.41) is 28.0. The summed E-state index contributed by atoms with van der Waals surface area (Å²) in [5.74, 6) is 0. The maximum absolute atomic E-state index is 10.4. The predicted octanol–water partition coefficient (Wildman–Crippen LogP) is -3.14. The highest BCUT2D eigenvalue weighted by Gasteiger charge is 2.42. The van der Waals surface area contributed by atoms with E-state index < -0.39 is 45.1 Å². The molecule has 1 aliphatic rings. The van der Waals surface area contributed by atoms with E-state index in [1.807, 2.05) is 0 Å². The first-order chi connectivity index (χ1) is 7.22. The van der Waals surface area contributed by atoms with Gasteiger partial charge in [-0.1, -0.05) is 0 Å². The second-order valence-corrected chi connectivity index (χ2v) is 4.65. The maximum atomic E-state index is 10.4. The van der Waals surface area contributed by atoms with Crippen LogP contribution in [0, 0.1) is 0 Å². The molecule has 5 atom stereocenters. The lowest BCUT2D eigenvalue weighted by molar-refractivity contribution is -0.247. The van der Waals surface area contributed by atoms with Gasteiger partial charge in [0.25, 0.3) is 0 Å². The van der Waals surface area contributed by atoms with Gasteiger partial charge in [-0.3, -0.25) is 4.52 Å². The molecule has 1 fully saturated rings. The van der Waals surface area contributed by atoms with Crippen molar-refractivity contribution in [1.29, 1.82) is 0 Å². The van der Waals surface area contributed by atoms with Crippen molar-refractivity contribution in [3.8, 4) is 0 Å². The smallest absolute Gasteiger partial charge is 0.388 e. The summed E-state index contributed by atoms with van der Waals surface area (Å²) < 4.78 is 19.2. The fourth-order valence-corrected chi connectivity index (χ4v) is 1.62. The Labute approximate surface area is 90.6 Å². The van der Waals surface area contributed by atoms with E-state index in [1.54, 1.807) is 0 Å². The summed E-state index contributed by atoms with van der Waals surface area (Å²) in [6.07, 6.45) is -5.76. The zero-order chi connectivity index (χ0) is 12.5. The summed E-state index contributed by atoms with van der Waals surface area (Å²) in [4.78, 5) is 16.8. The predicted molar refractivity (Wildman–Crippen MR) is 48.9 cm³/mol. The van der Waals surface area contributed by atoms with Crippen molar-refractivity contribution in [3.05, 3.63) is 0 Å². The Morgan fingerprint density at radius 1 is 1.25 bits per heavy atom. The molecule has 0 saturated carbocycles. The van der Waals surface area contributed by atoms with Gasteiger partial charge in [-0.05, 0) is 0 Å². The average molecular weight is 265 g/mol. The van der Waals surface area contributed by atoms with Crippen LogP contribution in [0.4, 0.5) is 0 Å². The summed E-state index contributed by atoms with van der Waals surface area (Å²) in [6.45, 7) is -0.674. The van der Waals surface area contributed by atoms with Crippen LogP contribution >= 0.6 is 7.82 Å². The van der Waals surface area contributed by atoms with Crippen LogP contribution < -0.4 is 5.73 Å². The second-order valence-electron chi connectivity index (χ2n) is 3.41. The minimum atomic E-state index is -4.70. The molecule has 0 radical (unpaired) electrons. The van der Waals surface area contributed by atoms with Crippen LogP contribution in [0.1, 0.15) is 0 Å². The van der Waals surface area contributed by atoms with E-state index in [0.717, 1.165) is 0 Å². The zero-order valence-corrected chi connectivity index (χ0v) is 8.97. The first-order valence-corrected chi connectivity index (χ1v) is 5.91. The average Bonchev–Trinajstić information content (AvgIpc) is 2.17. The van der Waals surface area contributed by atoms with E-state index >= 15 is 0 Å². The van der Waals surface area contributed by atoms with Gasteiger partial charge in [0.15, 0.2) is 6.29 Å². The van der Waals surface area contributed by atoms with Crippen molar-refractivity contribution in [3.63, 3.8) is 0 Å². The highest BCUT2D eigenvalue weighted by Crippen LogP contribution is 2.36. The first-order valence-electron chi connectivity index (χ1n) is 4.37. The Bertz CT molecular complexity index is 282. The lowest BCUT2D eigenvalue weighted by Crippen LogP contribution is -2.61. The lowest BCUT2D eigenvalue weighted by atomic mass is 10.9. The Balaban J connectivity index is 2.57. The number of hydrogen-bond donors (Lipinski definition) is 6. The van der Waals surface area contributed by atoms with Gasteiger partial charge in [0, 0.05) is 0 Å². The molecule has 1 heterocycles. The van der Waals surface area contributed by atoms with Gasteiger partial charge in [-0.2, -0.15) is 0 Å². The van der Waals surface area contributed by atoms with E-state index in [-0.39, 0.29) is 0 Å². The number of hydrogen-bond acceptors (Lipinski definition) is 7. The lowest BCUT2D eigenvalue weighted by Gasteiger charge is -2.38. The van der Waals surface area contributed by atoms with Gasteiger partial charge in [0.05, 0.1) is 12.6 Å². The number of rotatable bonds is 3. The molecule has 0 aromatic carbocycles. The molecule has 7 N–H and O–H groups in total. The fourth-order valence-electron chi connectivity index (χ4n) is 1.28. The molecule has 0 bridgehead atoms. The van der Waals surface area contributed by atoms with Gasteiger partial charge in [-0.25, -0.2) is 4.57 Å². The summed E-state index contributed by atoms with van der Waals surface area (Å²) >= 11 is 0. The van der Waals surface area contributed by atoms with Gasteiger partial charge in [0.2, 0.25) is 0 Å². The van der Waals surface area contributed by atoms with Crippen LogP contribution in [0.25, 0.3) is 0 Å². The number of phosphoric ester groups is 1. The standard InChI is InChI=1S/C6H14NO8P/c7-3-5(9)4(8)2(15-6(3)10)1-14-16(11,12)13/h2-6,8-10H,1,7H2,(H2,11,12,13)/t2-,3-,4-,5-,6?/m1/s1/i1+1,2+1,3+1,4+1,5+1,6+1. The van der Waals surface area contributed by atoms with E-state index in [1.165, 1.54) is 0 Å². The largest absolute Gasteiger partial charge is 0.469 e. The summed E-state index contributed by atoms with van der Waals surface area (Å²) in [5.41, 5.74) is 5.28. The first kappa shape index (κ1) is 14.0. The summed E-state index contributed by atoms with van der Waals surface area (Å²) in [6, 6.07) is -1.19. The van der Waals surface area contributed by atoms with Crippen LogP contribution in [0.5, 0.6) is 0 Å². The molecule has 16 heavy (non-hydrogen) atoms. The summed E-state index contributed by atoms with van der Waals surface area (Å²) in [7, 11) is -4.70. The molecule has 0 aliphatic carbocycles. The number of ether oxygens (including phenoxy) is 1. The second kappa shape index (κ2) is 5.05. The number of nitrogens with two attached hydrogens (primary N) is 1. The van der Waals surface area contributed by atoms with E-state index in [2.05, 4.69) is 4.52 Å². The molecule has 1 saturated heterocycles. The van der Waals surface area contributed by atoms with Crippen LogP contribution in [-0.4, -0.2) is 62.4 Å². The van der Waals surface area contributed by atoms with Crippen LogP contribution in [0.3, 0.4) is 0 Å². The molecule has 1 rings (SSSR count). The molecular weight excluding hydrogens is 251 g/mol. The Hall–Kier alpha value is -0.0900. The fraction of sp³-hybridized carbons (Fsp3) is 1.00. The van der Waals surface area contributed by atoms with Gasteiger partial charge in [0.1, 0.15) is 18.3 Å². The van der Waals surface area contributed by atoms with Crippen LogP contribution in [0.2, 0.25) is 0 Å². The van der Waals surface area contributed by atoms with E-state index in [4.69, 9.17) is 20.3 Å². The molecule has 0 aromatic rings. The molecule has 1 aliphatic heterocycles. The molecule has 10 heteroatoms. The van der Waals surface area contributed by atoms with Crippen molar-refractivity contribution >= 4 is 7.82 Å². The Kier molecular flexibility index (Phi) is 4.41. The molecule has 0 aromatic heterocycles. The van der Waals surface area contributed by atoms with Crippen molar-refractivity contribution in [2.75, 3.05) is 6.61 Å². The maximum Gasteiger partial charge on any atom is 0.469 e. The quantitative estimate of drug-likeness (QED) is 0.228. The zero-order valence-electron chi connectivity index (χ0n) is 8.08. The minimum Gasteiger partial charge on any atom is -0.388 e. The van der Waals surface area contributed by atoms with Crippen LogP contribution in [-0.2, 0) is 13.8 Å². The van der Waals surface area contributed by atoms with Crippen molar-refractivity contribution < 1.29 is 38.9 Å².